The molecule has 21 heavy (non-hydrogen) atoms. The molecule has 1 saturated carbocycles. The maximum Gasteiger partial charge on any atom is 0.315 e. The standard InChI is InChI=1S/C15H17N3O3/c1-8(15(20)21)14(19)16-10-5-6-12-11(7-10)17-13(18(12)2)9-3-4-9/h5-9H,3-4H2,1-2H3,(H,16,19)(H,20,21). The summed E-state index contributed by atoms with van der Waals surface area (Å²) in [6.07, 6.45) is 2.35. The van der Waals surface area contributed by atoms with Gasteiger partial charge in [-0.1, -0.05) is 0 Å². The average Bonchev–Trinajstić information content (AvgIpc) is 3.23. The number of nitrogens with one attached hydrogen (secondary N) is 1. The number of carbonyl (C=O) groups excluding carboxylic acids is 1. The Balaban J connectivity index is 1.87. The molecule has 0 saturated heterocycles. The predicted octanol–water partition coefficient (Wildman–Crippen LogP) is 2.11. The van der Waals surface area contributed by atoms with Crippen molar-refractivity contribution in [2.75, 3.05) is 5.32 Å². The molecule has 1 aromatic carbocycles. The van der Waals surface area contributed by atoms with E-state index in [9.17, 15) is 9.59 Å². The number of carboxylic acid groups (broad SMARTS) is 1. The fraction of sp³-hybridized carbons (Fsp3) is 0.400. The van der Waals surface area contributed by atoms with Crippen LogP contribution in [0.3, 0.4) is 0 Å². The van der Waals surface area contributed by atoms with Crippen LogP contribution < -0.4 is 5.32 Å². The van der Waals surface area contributed by atoms with Gasteiger partial charge in [-0.15, -0.1) is 0 Å². The molecule has 0 spiro atoms. The van der Waals surface area contributed by atoms with Crippen LogP contribution in [-0.4, -0.2) is 26.5 Å². The Morgan fingerprint density at radius 2 is 2.14 bits per heavy atom. The summed E-state index contributed by atoms with van der Waals surface area (Å²) in [6, 6.07) is 5.45. The Morgan fingerprint density at radius 1 is 1.43 bits per heavy atom. The molecular formula is C15H17N3O3. The highest BCUT2D eigenvalue weighted by Gasteiger charge is 2.28. The third-order valence-electron chi connectivity index (χ3n) is 3.89. The van der Waals surface area contributed by atoms with E-state index in [4.69, 9.17) is 5.11 Å². The number of aryl methyl sites for hydroxylation is 1. The molecule has 3 rings (SSSR count). The summed E-state index contributed by atoms with van der Waals surface area (Å²) in [5.41, 5.74) is 2.41. The summed E-state index contributed by atoms with van der Waals surface area (Å²) >= 11 is 0. The molecule has 1 amide bonds. The molecule has 2 aromatic rings. The van der Waals surface area contributed by atoms with Crippen LogP contribution in [0.15, 0.2) is 18.2 Å². The number of hydrogen-bond donors (Lipinski definition) is 2. The number of fused-ring (bicyclic) bond motifs is 1. The topological polar surface area (TPSA) is 84.2 Å². The Hall–Kier alpha value is -2.37. The van der Waals surface area contributed by atoms with Crippen molar-refractivity contribution in [2.24, 2.45) is 13.0 Å². The van der Waals surface area contributed by atoms with Gasteiger partial charge in [-0.3, -0.25) is 9.59 Å². The van der Waals surface area contributed by atoms with Crippen LogP contribution in [0, 0.1) is 5.92 Å². The lowest BCUT2D eigenvalue weighted by Gasteiger charge is -2.08. The van der Waals surface area contributed by atoms with Crippen LogP contribution >= 0.6 is 0 Å². The summed E-state index contributed by atoms with van der Waals surface area (Å²) in [5.74, 6) is -1.12. The van der Waals surface area contributed by atoms with Gasteiger partial charge in [0.05, 0.1) is 11.0 Å². The zero-order chi connectivity index (χ0) is 15.1. The number of amides is 1. The van der Waals surface area contributed by atoms with E-state index in [1.165, 1.54) is 19.8 Å². The lowest BCUT2D eigenvalue weighted by molar-refractivity contribution is -0.144. The number of carbonyl (C=O) groups is 2. The summed E-state index contributed by atoms with van der Waals surface area (Å²) in [7, 11) is 1.99. The molecule has 6 heteroatoms. The van der Waals surface area contributed by atoms with Gasteiger partial charge in [0.1, 0.15) is 11.7 Å². The van der Waals surface area contributed by atoms with E-state index >= 15 is 0 Å². The highest BCUT2D eigenvalue weighted by molar-refractivity contribution is 6.04. The number of nitrogens with zero attached hydrogens (tertiary/aromatic N) is 2. The fourth-order valence-electron chi connectivity index (χ4n) is 2.37. The monoisotopic (exact) mass is 287 g/mol. The molecule has 1 atom stereocenters. The van der Waals surface area contributed by atoms with Gasteiger partial charge < -0.3 is 15.0 Å². The van der Waals surface area contributed by atoms with Crippen molar-refractivity contribution in [3.8, 4) is 0 Å². The zero-order valence-electron chi connectivity index (χ0n) is 12.0. The average molecular weight is 287 g/mol. The first kappa shape index (κ1) is 13.6. The number of benzene rings is 1. The molecule has 1 heterocycles. The Morgan fingerprint density at radius 3 is 2.76 bits per heavy atom. The van der Waals surface area contributed by atoms with E-state index in [0.29, 0.717) is 11.6 Å². The summed E-state index contributed by atoms with van der Waals surface area (Å²) < 4.78 is 2.08. The Bertz CT molecular complexity index is 731. The third-order valence-corrected chi connectivity index (χ3v) is 3.89. The first-order chi connectivity index (χ1) is 9.97. The predicted molar refractivity (Wildman–Crippen MR) is 78.1 cm³/mol. The molecule has 0 bridgehead atoms. The minimum atomic E-state index is -1.14. The minimum Gasteiger partial charge on any atom is -0.481 e. The number of aromatic nitrogens is 2. The molecule has 2 N–H and O–H groups in total. The first-order valence-corrected chi connectivity index (χ1v) is 6.97. The van der Waals surface area contributed by atoms with Crippen molar-refractivity contribution in [2.45, 2.75) is 25.7 Å². The van der Waals surface area contributed by atoms with Crippen molar-refractivity contribution in [1.82, 2.24) is 9.55 Å². The van der Waals surface area contributed by atoms with Crippen LogP contribution in [0.2, 0.25) is 0 Å². The van der Waals surface area contributed by atoms with Crippen molar-refractivity contribution in [3.05, 3.63) is 24.0 Å². The number of hydrogen-bond acceptors (Lipinski definition) is 3. The SMILES string of the molecule is CC(C(=O)O)C(=O)Nc1ccc2c(c1)nc(C1CC1)n2C. The van der Waals surface area contributed by atoms with Gasteiger partial charge >= 0.3 is 5.97 Å². The fourth-order valence-corrected chi connectivity index (χ4v) is 2.37. The summed E-state index contributed by atoms with van der Waals surface area (Å²) in [5, 5.41) is 11.5. The molecular weight excluding hydrogens is 270 g/mol. The molecule has 1 fully saturated rings. The van der Waals surface area contributed by atoms with Gasteiger partial charge in [-0.2, -0.15) is 0 Å². The quantitative estimate of drug-likeness (QED) is 0.843. The molecule has 1 aromatic heterocycles. The number of aliphatic carboxylic acids is 1. The molecule has 0 radical (unpaired) electrons. The second-order valence-electron chi connectivity index (χ2n) is 5.56. The number of rotatable bonds is 4. The van der Waals surface area contributed by atoms with Crippen molar-refractivity contribution < 1.29 is 14.7 Å². The summed E-state index contributed by atoms with van der Waals surface area (Å²) in [6.45, 7) is 1.36. The first-order valence-electron chi connectivity index (χ1n) is 6.97. The van der Waals surface area contributed by atoms with Gasteiger partial charge in [0, 0.05) is 18.7 Å². The van der Waals surface area contributed by atoms with Gasteiger partial charge in [0.25, 0.3) is 0 Å². The van der Waals surface area contributed by atoms with E-state index < -0.39 is 17.8 Å². The lowest BCUT2D eigenvalue weighted by atomic mass is 10.1. The normalized spacial score (nSPS) is 15.9. The molecule has 0 aliphatic heterocycles. The maximum absolute atomic E-state index is 11.8. The van der Waals surface area contributed by atoms with Gasteiger partial charge in [-0.25, -0.2) is 4.98 Å². The van der Waals surface area contributed by atoms with Crippen LogP contribution in [0.1, 0.15) is 31.5 Å². The minimum absolute atomic E-state index is 0.528. The highest BCUT2D eigenvalue weighted by atomic mass is 16.4. The highest BCUT2D eigenvalue weighted by Crippen LogP contribution is 2.40. The van der Waals surface area contributed by atoms with E-state index in [2.05, 4.69) is 14.9 Å². The van der Waals surface area contributed by atoms with Gasteiger partial charge in [-0.05, 0) is 38.0 Å². The Labute approximate surface area is 121 Å². The van der Waals surface area contributed by atoms with Crippen LogP contribution in [-0.2, 0) is 16.6 Å². The number of carboxylic acids is 1. The van der Waals surface area contributed by atoms with Crippen LogP contribution in [0.25, 0.3) is 11.0 Å². The van der Waals surface area contributed by atoms with Crippen molar-refractivity contribution in [3.63, 3.8) is 0 Å². The largest absolute Gasteiger partial charge is 0.481 e. The Kier molecular flexibility index (Phi) is 3.16. The molecule has 1 aliphatic carbocycles. The third kappa shape index (κ3) is 2.49. The van der Waals surface area contributed by atoms with E-state index in [1.807, 2.05) is 13.1 Å². The zero-order valence-corrected chi connectivity index (χ0v) is 12.0. The molecule has 1 unspecified atom stereocenters. The van der Waals surface area contributed by atoms with E-state index in [0.717, 1.165) is 16.9 Å². The smallest absolute Gasteiger partial charge is 0.315 e. The van der Waals surface area contributed by atoms with Crippen LogP contribution in [0.4, 0.5) is 5.69 Å². The lowest BCUT2D eigenvalue weighted by Crippen LogP contribution is -2.26. The number of imidazole rings is 1. The van der Waals surface area contributed by atoms with Crippen molar-refractivity contribution >= 4 is 28.6 Å². The van der Waals surface area contributed by atoms with Gasteiger partial charge in [0.2, 0.25) is 5.91 Å². The van der Waals surface area contributed by atoms with E-state index in [-0.39, 0.29) is 0 Å². The molecule has 110 valence electrons. The number of anilines is 1. The van der Waals surface area contributed by atoms with E-state index in [1.54, 1.807) is 12.1 Å². The molecule has 6 nitrogen and oxygen atoms in total. The molecule has 1 aliphatic rings. The van der Waals surface area contributed by atoms with Crippen molar-refractivity contribution in [1.29, 1.82) is 0 Å². The second-order valence-corrected chi connectivity index (χ2v) is 5.56. The van der Waals surface area contributed by atoms with Crippen LogP contribution in [0.5, 0.6) is 0 Å². The summed E-state index contributed by atoms with van der Waals surface area (Å²) in [4.78, 5) is 27.2. The van der Waals surface area contributed by atoms with Gasteiger partial charge in [0.15, 0.2) is 0 Å². The maximum atomic E-state index is 11.8. The second kappa shape index (κ2) is 4.87.